The summed E-state index contributed by atoms with van der Waals surface area (Å²) in [6.45, 7) is 11.6. The SMILES string of the molecule is C=CC(=C)/C(=C\C)n1c(-c2cc(C)ccc2C#N)n[nH]c1=S. The molecule has 5 heteroatoms. The maximum absolute atomic E-state index is 9.35. The van der Waals surface area contributed by atoms with Crippen LogP contribution in [0.2, 0.25) is 0 Å². The molecular formula is C17H16N4S. The van der Waals surface area contributed by atoms with Crippen LogP contribution in [0.15, 0.2) is 49.1 Å². The second-order valence-corrected chi connectivity index (χ2v) is 5.14. The number of H-pyrrole nitrogens is 1. The van der Waals surface area contributed by atoms with Gasteiger partial charge in [0.25, 0.3) is 0 Å². The topological polar surface area (TPSA) is 57.4 Å². The molecule has 0 bridgehead atoms. The minimum Gasteiger partial charge on any atom is -0.268 e. The number of hydrogen-bond acceptors (Lipinski definition) is 3. The van der Waals surface area contributed by atoms with Crippen molar-refractivity contribution in [2.24, 2.45) is 0 Å². The largest absolute Gasteiger partial charge is 0.268 e. The summed E-state index contributed by atoms with van der Waals surface area (Å²) in [7, 11) is 0. The van der Waals surface area contributed by atoms with Crippen molar-refractivity contribution in [3.63, 3.8) is 0 Å². The lowest BCUT2D eigenvalue weighted by atomic mass is 10.0. The molecule has 0 aliphatic heterocycles. The Balaban J connectivity index is 2.79. The van der Waals surface area contributed by atoms with E-state index < -0.39 is 0 Å². The van der Waals surface area contributed by atoms with Gasteiger partial charge in [0.2, 0.25) is 0 Å². The van der Waals surface area contributed by atoms with Gasteiger partial charge < -0.3 is 0 Å². The number of hydrogen-bond donors (Lipinski definition) is 1. The summed E-state index contributed by atoms with van der Waals surface area (Å²) < 4.78 is 2.21. The first kappa shape index (κ1) is 15.7. The monoisotopic (exact) mass is 308 g/mol. The normalized spacial score (nSPS) is 11.0. The zero-order valence-electron chi connectivity index (χ0n) is 12.6. The number of aryl methyl sites for hydroxylation is 1. The summed E-state index contributed by atoms with van der Waals surface area (Å²) in [4.78, 5) is 0. The molecule has 4 nitrogen and oxygen atoms in total. The van der Waals surface area contributed by atoms with E-state index in [1.165, 1.54) is 0 Å². The molecule has 0 radical (unpaired) electrons. The van der Waals surface area contributed by atoms with Gasteiger partial charge in [-0.3, -0.25) is 9.67 Å². The number of benzene rings is 1. The van der Waals surface area contributed by atoms with Crippen molar-refractivity contribution in [3.05, 3.63) is 65.0 Å². The number of aromatic nitrogens is 3. The van der Waals surface area contributed by atoms with Gasteiger partial charge in [-0.2, -0.15) is 10.4 Å². The predicted molar refractivity (Wildman–Crippen MR) is 91.6 cm³/mol. The van der Waals surface area contributed by atoms with Gasteiger partial charge in [-0.15, -0.1) is 0 Å². The van der Waals surface area contributed by atoms with Crippen LogP contribution in [0, 0.1) is 23.0 Å². The number of nitrogens with one attached hydrogen (secondary N) is 1. The third kappa shape index (κ3) is 2.69. The highest BCUT2D eigenvalue weighted by molar-refractivity contribution is 7.71. The Labute approximate surface area is 134 Å². The van der Waals surface area contributed by atoms with Gasteiger partial charge in [0.15, 0.2) is 10.6 Å². The predicted octanol–water partition coefficient (Wildman–Crippen LogP) is 4.39. The summed E-state index contributed by atoms with van der Waals surface area (Å²) >= 11 is 5.34. The molecule has 1 aromatic heterocycles. The first-order valence-electron chi connectivity index (χ1n) is 6.70. The molecule has 0 saturated carbocycles. The average Bonchev–Trinajstić information content (AvgIpc) is 2.89. The molecular weight excluding hydrogens is 292 g/mol. The zero-order valence-corrected chi connectivity index (χ0v) is 13.4. The molecule has 2 rings (SSSR count). The van der Waals surface area contributed by atoms with E-state index in [1.54, 1.807) is 16.7 Å². The van der Waals surface area contributed by atoms with Crippen LogP contribution in [0.3, 0.4) is 0 Å². The number of allylic oxidation sites excluding steroid dienone is 4. The van der Waals surface area contributed by atoms with E-state index in [-0.39, 0.29) is 0 Å². The lowest BCUT2D eigenvalue weighted by Gasteiger charge is -2.12. The minimum atomic E-state index is 0.441. The highest BCUT2D eigenvalue weighted by Gasteiger charge is 2.16. The summed E-state index contributed by atoms with van der Waals surface area (Å²) in [5, 5.41) is 16.4. The molecule has 0 amide bonds. The summed E-state index contributed by atoms with van der Waals surface area (Å²) in [6, 6.07) is 7.79. The smallest absolute Gasteiger partial charge is 0.200 e. The van der Waals surface area contributed by atoms with Crippen molar-refractivity contribution >= 4 is 17.9 Å². The molecule has 1 heterocycles. The standard InChI is InChI=1S/C17H16N4S/c1-5-12(4)15(6-2)21-16(19-20-17(21)22)14-9-11(3)7-8-13(14)10-18/h5-9H,1,4H2,2-3H3,(H,20,22)/b15-6+. The third-order valence-electron chi connectivity index (χ3n) is 3.30. The Kier molecular flexibility index (Phi) is 4.54. The van der Waals surface area contributed by atoms with E-state index in [0.29, 0.717) is 16.2 Å². The molecule has 2 aromatic rings. The Bertz CT molecular complexity index is 875. The quantitative estimate of drug-likeness (QED) is 0.673. The number of rotatable bonds is 4. The van der Waals surface area contributed by atoms with E-state index in [9.17, 15) is 5.26 Å². The Morgan fingerprint density at radius 1 is 1.50 bits per heavy atom. The molecule has 0 unspecified atom stereocenters. The van der Waals surface area contributed by atoms with Gasteiger partial charge in [-0.05, 0) is 43.8 Å². The van der Waals surface area contributed by atoms with E-state index in [1.807, 2.05) is 32.1 Å². The van der Waals surface area contributed by atoms with E-state index in [2.05, 4.69) is 29.4 Å². The van der Waals surface area contributed by atoms with Crippen LogP contribution < -0.4 is 0 Å². The van der Waals surface area contributed by atoms with Crippen LogP contribution in [0.25, 0.3) is 17.1 Å². The lowest BCUT2D eigenvalue weighted by molar-refractivity contribution is 1.06. The number of nitrogens with zero attached hydrogens (tertiary/aromatic N) is 3. The molecule has 0 aliphatic rings. The van der Waals surface area contributed by atoms with Crippen LogP contribution in [0.5, 0.6) is 0 Å². The highest BCUT2D eigenvalue weighted by Crippen LogP contribution is 2.27. The molecule has 1 aromatic carbocycles. The molecule has 22 heavy (non-hydrogen) atoms. The second-order valence-electron chi connectivity index (χ2n) is 4.75. The van der Waals surface area contributed by atoms with Crippen LogP contribution >= 0.6 is 12.2 Å². The van der Waals surface area contributed by atoms with E-state index >= 15 is 0 Å². The minimum absolute atomic E-state index is 0.441. The molecule has 0 atom stereocenters. The average molecular weight is 308 g/mol. The van der Waals surface area contributed by atoms with Gasteiger partial charge in [0.1, 0.15) is 0 Å². The molecule has 0 saturated heterocycles. The van der Waals surface area contributed by atoms with Crippen LogP contribution in [0.4, 0.5) is 0 Å². The Hall–Kier alpha value is -2.71. The number of nitriles is 1. The highest BCUT2D eigenvalue weighted by atomic mass is 32.1. The Morgan fingerprint density at radius 3 is 2.82 bits per heavy atom. The number of aromatic amines is 1. The van der Waals surface area contributed by atoms with Gasteiger partial charge in [-0.1, -0.05) is 36.9 Å². The van der Waals surface area contributed by atoms with Crippen molar-refractivity contribution in [3.8, 4) is 17.5 Å². The molecule has 0 aliphatic carbocycles. The van der Waals surface area contributed by atoms with Crippen LogP contribution in [-0.4, -0.2) is 14.8 Å². The van der Waals surface area contributed by atoms with Gasteiger partial charge in [-0.25, -0.2) is 0 Å². The van der Waals surface area contributed by atoms with E-state index in [0.717, 1.165) is 22.4 Å². The second kappa shape index (κ2) is 6.37. The first-order chi connectivity index (χ1) is 10.5. The molecule has 1 N–H and O–H groups in total. The maximum Gasteiger partial charge on any atom is 0.200 e. The Morgan fingerprint density at radius 2 is 2.23 bits per heavy atom. The molecule has 110 valence electrons. The van der Waals surface area contributed by atoms with Crippen molar-refractivity contribution in [2.75, 3.05) is 0 Å². The van der Waals surface area contributed by atoms with Crippen molar-refractivity contribution < 1.29 is 0 Å². The summed E-state index contributed by atoms with van der Waals surface area (Å²) in [5.41, 5.74) is 3.83. The van der Waals surface area contributed by atoms with Crippen molar-refractivity contribution in [1.82, 2.24) is 14.8 Å². The third-order valence-corrected chi connectivity index (χ3v) is 3.57. The molecule has 0 spiro atoms. The molecule has 0 fully saturated rings. The fourth-order valence-corrected chi connectivity index (χ4v) is 2.43. The lowest BCUT2D eigenvalue weighted by Crippen LogP contribution is -2.02. The fraction of sp³-hybridized carbons (Fsp3) is 0.118. The first-order valence-corrected chi connectivity index (χ1v) is 7.11. The maximum atomic E-state index is 9.35. The zero-order chi connectivity index (χ0) is 16.3. The van der Waals surface area contributed by atoms with Crippen LogP contribution in [-0.2, 0) is 0 Å². The van der Waals surface area contributed by atoms with Gasteiger partial charge in [0, 0.05) is 5.56 Å². The van der Waals surface area contributed by atoms with Crippen molar-refractivity contribution in [1.29, 1.82) is 5.26 Å². The van der Waals surface area contributed by atoms with Gasteiger partial charge >= 0.3 is 0 Å². The fourth-order valence-electron chi connectivity index (χ4n) is 2.20. The van der Waals surface area contributed by atoms with Crippen LogP contribution in [0.1, 0.15) is 18.1 Å². The summed E-state index contributed by atoms with van der Waals surface area (Å²) in [5.74, 6) is 0.585. The summed E-state index contributed by atoms with van der Waals surface area (Å²) in [6.07, 6.45) is 3.55. The van der Waals surface area contributed by atoms with E-state index in [4.69, 9.17) is 12.2 Å². The van der Waals surface area contributed by atoms with Crippen molar-refractivity contribution in [2.45, 2.75) is 13.8 Å². The van der Waals surface area contributed by atoms with Gasteiger partial charge in [0.05, 0.1) is 17.3 Å².